The molecule has 5 rings (SSSR count). The molecule has 0 saturated heterocycles. The van der Waals surface area contributed by atoms with Gasteiger partial charge in [-0.25, -0.2) is 0 Å². The summed E-state index contributed by atoms with van der Waals surface area (Å²) in [6, 6.07) is 22.4. The lowest BCUT2D eigenvalue weighted by atomic mass is 9.73. The molecule has 0 aromatic heterocycles. The average molecular weight is 595 g/mol. The molecule has 8 N–H and O–H groups in total. The molecule has 0 aliphatic rings. The van der Waals surface area contributed by atoms with Crippen LogP contribution in [0, 0.1) is 0 Å². The Bertz CT molecular complexity index is 1750. The zero-order chi connectivity index (χ0) is 32.1. The SMILES string of the molecule is CC(C)(c1cccc(O)c1O)c1c(-c2ccc(-c3ccc(O)c(O)c3C(C)(C)c3cccc(O)c3O)cc2)ccc(O)c1O. The second-order valence-electron chi connectivity index (χ2n) is 11.9. The highest BCUT2D eigenvalue weighted by Gasteiger charge is 2.35. The number of rotatable bonds is 6. The summed E-state index contributed by atoms with van der Waals surface area (Å²) in [5.41, 5.74) is 1.69. The fourth-order valence-corrected chi connectivity index (χ4v) is 6.08. The fraction of sp³-hybridized carbons (Fsp3) is 0.167. The molecule has 0 bridgehead atoms. The van der Waals surface area contributed by atoms with Crippen molar-refractivity contribution in [3.8, 4) is 68.2 Å². The van der Waals surface area contributed by atoms with E-state index in [1.165, 1.54) is 24.3 Å². The van der Waals surface area contributed by atoms with Gasteiger partial charge < -0.3 is 40.9 Å². The summed E-state index contributed by atoms with van der Waals surface area (Å²) in [6.07, 6.45) is 0. The summed E-state index contributed by atoms with van der Waals surface area (Å²) >= 11 is 0. The standard InChI is InChI=1S/C36H34O8/c1-35(2,23-7-5-9-25(37)31(23)41)29-21(15-17-27(39)33(29)43)19-11-13-20(14-12-19)22-16-18-28(40)34(44)30(22)36(3,4)24-8-6-10-26(38)32(24)42/h5-18,37-44H,1-4H3. The highest BCUT2D eigenvalue weighted by Crippen LogP contribution is 2.52. The molecule has 226 valence electrons. The van der Waals surface area contributed by atoms with Gasteiger partial charge in [-0.05, 0) is 46.5 Å². The van der Waals surface area contributed by atoms with Crippen molar-refractivity contribution < 1.29 is 40.9 Å². The van der Waals surface area contributed by atoms with Gasteiger partial charge in [-0.3, -0.25) is 0 Å². The van der Waals surface area contributed by atoms with Crippen molar-refractivity contribution in [1.82, 2.24) is 0 Å². The van der Waals surface area contributed by atoms with Crippen LogP contribution in [0.4, 0.5) is 0 Å². The molecule has 0 spiro atoms. The molecule has 0 atom stereocenters. The highest BCUT2D eigenvalue weighted by molar-refractivity contribution is 5.80. The Morgan fingerprint density at radius 2 is 0.682 bits per heavy atom. The van der Waals surface area contributed by atoms with E-state index in [2.05, 4.69) is 0 Å². The van der Waals surface area contributed by atoms with E-state index in [-0.39, 0.29) is 46.0 Å². The van der Waals surface area contributed by atoms with Crippen molar-refractivity contribution in [2.45, 2.75) is 38.5 Å². The van der Waals surface area contributed by atoms with E-state index in [1.54, 1.807) is 88.4 Å². The van der Waals surface area contributed by atoms with E-state index < -0.39 is 10.8 Å². The highest BCUT2D eigenvalue weighted by atomic mass is 16.3. The maximum absolute atomic E-state index is 11.1. The van der Waals surface area contributed by atoms with Gasteiger partial charge in [0, 0.05) is 33.1 Å². The molecule has 0 fully saturated rings. The van der Waals surface area contributed by atoms with E-state index >= 15 is 0 Å². The van der Waals surface area contributed by atoms with Crippen LogP contribution in [-0.2, 0) is 10.8 Å². The van der Waals surface area contributed by atoms with Crippen LogP contribution >= 0.6 is 0 Å². The number of para-hydroxylation sites is 2. The van der Waals surface area contributed by atoms with E-state index in [0.717, 1.165) is 0 Å². The van der Waals surface area contributed by atoms with Gasteiger partial charge in [0.05, 0.1) is 0 Å². The number of aromatic hydroxyl groups is 8. The predicted octanol–water partition coefficient (Wildman–Crippen LogP) is 7.32. The van der Waals surface area contributed by atoms with Crippen LogP contribution in [0.25, 0.3) is 22.3 Å². The van der Waals surface area contributed by atoms with Crippen molar-refractivity contribution in [2.75, 3.05) is 0 Å². The molecule has 8 heteroatoms. The Morgan fingerprint density at radius 1 is 0.364 bits per heavy atom. The summed E-state index contributed by atoms with van der Waals surface area (Å²) in [5, 5.41) is 84.7. The molecule has 0 heterocycles. The van der Waals surface area contributed by atoms with Crippen LogP contribution in [-0.4, -0.2) is 40.9 Å². The number of hydrogen-bond donors (Lipinski definition) is 8. The van der Waals surface area contributed by atoms with Crippen molar-refractivity contribution in [2.24, 2.45) is 0 Å². The molecule has 0 aliphatic carbocycles. The van der Waals surface area contributed by atoms with Gasteiger partial charge in [0.2, 0.25) is 0 Å². The summed E-state index contributed by atoms with van der Waals surface area (Å²) in [6.45, 7) is 7.05. The Kier molecular flexibility index (Phi) is 7.25. The Hall–Kier alpha value is -5.50. The maximum atomic E-state index is 11.1. The molecule has 0 amide bonds. The molecule has 44 heavy (non-hydrogen) atoms. The molecule has 8 nitrogen and oxygen atoms in total. The lowest BCUT2D eigenvalue weighted by Crippen LogP contribution is -2.21. The molecule has 0 aliphatic heterocycles. The van der Waals surface area contributed by atoms with E-state index in [0.29, 0.717) is 44.5 Å². The molecular formula is C36H34O8. The van der Waals surface area contributed by atoms with Crippen LogP contribution in [0.3, 0.4) is 0 Å². The van der Waals surface area contributed by atoms with Gasteiger partial charge >= 0.3 is 0 Å². The van der Waals surface area contributed by atoms with E-state index in [4.69, 9.17) is 0 Å². The van der Waals surface area contributed by atoms with Gasteiger partial charge in [0.15, 0.2) is 46.0 Å². The minimum atomic E-state index is -1.07. The van der Waals surface area contributed by atoms with Gasteiger partial charge in [-0.1, -0.05) is 88.4 Å². The zero-order valence-corrected chi connectivity index (χ0v) is 24.7. The van der Waals surface area contributed by atoms with Crippen molar-refractivity contribution >= 4 is 0 Å². The lowest BCUT2D eigenvalue weighted by molar-refractivity contribution is 0.380. The average Bonchev–Trinajstić information content (AvgIpc) is 2.98. The van der Waals surface area contributed by atoms with Crippen LogP contribution in [0.15, 0.2) is 84.9 Å². The predicted molar refractivity (Wildman–Crippen MR) is 168 cm³/mol. The van der Waals surface area contributed by atoms with Gasteiger partial charge in [-0.15, -0.1) is 0 Å². The smallest absolute Gasteiger partial charge is 0.162 e. The first-order valence-electron chi connectivity index (χ1n) is 13.9. The first-order valence-corrected chi connectivity index (χ1v) is 13.9. The van der Waals surface area contributed by atoms with Gasteiger partial charge in [0.25, 0.3) is 0 Å². The fourth-order valence-electron chi connectivity index (χ4n) is 6.08. The number of phenolic OH excluding ortho intramolecular Hbond substituents is 8. The zero-order valence-electron chi connectivity index (χ0n) is 24.7. The quantitative estimate of drug-likeness (QED) is 0.0949. The topological polar surface area (TPSA) is 162 Å². The van der Waals surface area contributed by atoms with Gasteiger partial charge in [0.1, 0.15) is 0 Å². The second-order valence-corrected chi connectivity index (χ2v) is 11.9. The number of phenols is 8. The third kappa shape index (κ3) is 4.74. The Labute approximate surface area is 254 Å². The largest absolute Gasteiger partial charge is 0.504 e. The maximum Gasteiger partial charge on any atom is 0.162 e. The number of hydrogen-bond acceptors (Lipinski definition) is 8. The van der Waals surface area contributed by atoms with Crippen LogP contribution in [0.1, 0.15) is 49.9 Å². The Morgan fingerprint density at radius 3 is 1.02 bits per heavy atom. The Balaban J connectivity index is 1.66. The third-order valence-corrected chi connectivity index (χ3v) is 8.45. The van der Waals surface area contributed by atoms with Crippen molar-refractivity contribution in [3.63, 3.8) is 0 Å². The molecule has 0 saturated carbocycles. The summed E-state index contributed by atoms with van der Waals surface area (Å²) in [4.78, 5) is 0. The second kappa shape index (κ2) is 10.6. The summed E-state index contributed by atoms with van der Waals surface area (Å²) < 4.78 is 0. The minimum absolute atomic E-state index is 0.309. The molecule has 5 aromatic carbocycles. The van der Waals surface area contributed by atoms with Gasteiger partial charge in [-0.2, -0.15) is 0 Å². The van der Waals surface area contributed by atoms with Crippen LogP contribution < -0.4 is 0 Å². The van der Waals surface area contributed by atoms with Crippen LogP contribution in [0.5, 0.6) is 46.0 Å². The first kappa shape index (κ1) is 30.0. The van der Waals surface area contributed by atoms with Crippen molar-refractivity contribution in [3.05, 3.63) is 107 Å². The molecular weight excluding hydrogens is 560 g/mol. The molecule has 0 unspecified atom stereocenters. The first-order chi connectivity index (χ1) is 20.7. The summed E-state index contributed by atoms with van der Waals surface area (Å²) in [5.74, 6) is -2.69. The summed E-state index contributed by atoms with van der Waals surface area (Å²) in [7, 11) is 0. The number of benzene rings is 5. The lowest BCUT2D eigenvalue weighted by Gasteiger charge is -2.31. The monoisotopic (exact) mass is 594 g/mol. The van der Waals surface area contributed by atoms with Crippen molar-refractivity contribution in [1.29, 1.82) is 0 Å². The van der Waals surface area contributed by atoms with Crippen LogP contribution in [0.2, 0.25) is 0 Å². The third-order valence-electron chi connectivity index (χ3n) is 8.45. The van der Waals surface area contributed by atoms with E-state index in [1.807, 2.05) is 0 Å². The minimum Gasteiger partial charge on any atom is -0.504 e. The molecule has 0 radical (unpaired) electrons. The normalized spacial score (nSPS) is 11.9. The molecule has 5 aromatic rings. The van der Waals surface area contributed by atoms with E-state index in [9.17, 15) is 40.9 Å².